The van der Waals surface area contributed by atoms with Crippen LogP contribution in [0.25, 0.3) is 0 Å². The number of piperidine rings is 3. The van der Waals surface area contributed by atoms with Gasteiger partial charge in [-0.05, 0) is 89.5 Å². The molecule has 9 rings (SSSR count). The zero-order valence-electron chi connectivity index (χ0n) is 37.4. The van der Waals surface area contributed by atoms with E-state index in [2.05, 4.69) is 49.7 Å². The fourth-order valence-corrected chi connectivity index (χ4v) is 9.31. The second-order valence-corrected chi connectivity index (χ2v) is 17.9. The van der Waals surface area contributed by atoms with E-state index in [-0.39, 0.29) is 73.0 Å². The van der Waals surface area contributed by atoms with Crippen LogP contribution in [0.5, 0.6) is 0 Å². The number of fused-ring (bicyclic) bond motifs is 3. The number of rotatable bonds is 7. The van der Waals surface area contributed by atoms with Crippen LogP contribution in [0.1, 0.15) is 173 Å². The van der Waals surface area contributed by atoms with Crippen molar-refractivity contribution >= 4 is 59.1 Å². The molecule has 6 aliphatic heterocycles. The van der Waals surface area contributed by atoms with Crippen LogP contribution in [-0.4, -0.2) is 91.9 Å². The molecule has 0 aliphatic carbocycles. The molecule has 4 atom stereocenters. The number of benzene rings is 3. The molecule has 3 fully saturated rings. The lowest BCUT2D eigenvalue weighted by atomic mass is 9.94. The maximum atomic E-state index is 12.7. The van der Waals surface area contributed by atoms with E-state index in [0.717, 1.165) is 33.6 Å². The van der Waals surface area contributed by atoms with Gasteiger partial charge in [-0.2, -0.15) is 0 Å². The minimum atomic E-state index is -0.912. The third-order valence-electron chi connectivity index (χ3n) is 13.1. The Morgan fingerprint density at radius 2 is 1.03 bits per heavy atom. The van der Waals surface area contributed by atoms with E-state index in [1.54, 1.807) is 21.9 Å². The van der Waals surface area contributed by atoms with Gasteiger partial charge in [0.15, 0.2) is 0 Å². The van der Waals surface area contributed by atoms with E-state index in [1.165, 1.54) is 5.56 Å². The number of nitrogens with one attached hydrogen (secondary N) is 3. The van der Waals surface area contributed by atoms with Crippen LogP contribution in [0, 0.1) is 0 Å². The molecule has 0 spiro atoms. The van der Waals surface area contributed by atoms with E-state index in [4.69, 9.17) is 0 Å². The summed E-state index contributed by atoms with van der Waals surface area (Å²) in [6.45, 7) is 13.3. The molecule has 3 aromatic rings. The monoisotopic (exact) mass is 886 g/mol. The third kappa shape index (κ3) is 8.98. The fraction of sp³-hybridized carbons (Fsp3) is 0.429. The third-order valence-corrected chi connectivity index (χ3v) is 13.1. The van der Waals surface area contributed by atoms with Gasteiger partial charge in [0, 0.05) is 43.5 Å². The number of hydrogen-bond donors (Lipinski definition) is 3. The lowest BCUT2D eigenvalue weighted by Gasteiger charge is -2.29. The van der Waals surface area contributed by atoms with Gasteiger partial charge in [0.1, 0.15) is 18.1 Å². The van der Waals surface area contributed by atoms with Crippen molar-refractivity contribution in [2.45, 2.75) is 135 Å². The summed E-state index contributed by atoms with van der Waals surface area (Å²) < 4.78 is 0. The van der Waals surface area contributed by atoms with Crippen LogP contribution < -0.4 is 16.0 Å². The van der Waals surface area contributed by atoms with Gasteiger partial charge >= 0.3 is 0 Å². The standard InChI is InChI=1S/C17H20N2O3.C16H16N2O4.C16H18N2O3/c1-3-10(2)11-4-5-13-12(8-11)9-19(17(13)22)14-6-7-15(20)18-16(14)21;1-8(2)9-4-3-5-10-13(9)16(22)18(15(10)21)11-6-7-12(19)17-14(11)20;1-9(2)10-4-3-5-11-12(10)8-18(16(11)21)13-6-7-14(19)17-15(13)20/h4-5,8,10,14H,3,6-7,9H2,1-2H3,(H,18,20,21);3-5,8,11H,6-7H2,1-2H3,(H,17,19,20);3-5,9,13H,6-8H2,1-2H3,(H,17,19,20). The van der Waals surface area contributed by atoms with E-state index in [1.807, 2.05) is 50.2 Å². The molecule has 0 aromatic heterocycles. The van der Waals surface area contributed by atoms with Gasteiger partial charge in [0.2, 0.25) is 35.4 Å². The lowest BCUT2D eigenvalue weighted by Crippen LogP contribution is -2.54. The molecule has 0 saturated carbocycles. The predicted molar refractivity (Wildman–Crippen MR) is 235 cm³/mol. The maximum absolute atomic E-state index is 12.7. The van der Waals surface area contributed by atoms with Crippen molar-refractivity contribution in [3.8, 4) is 0 Å². The Hall–Kier alpha value is -6.84. The Morgan fingerprint density at radius 1 is 0.538 bits per heavy atom. The highest BCUT2D eigenvalue weighted by Crippen LogP contribution is 2.35. The molecule has 16 heteroatoms. The Morgan fingerprint density at radius 3 is 1.55 bits per heavy atom. The minimum absolute atomic E-state index is 0.0911. The van der Waals surface area contributed by atoms with Crippen molar-refractivity contribution in [1.82, 2.24) is 30.7 Å². The lowest BCUT2D eigenvalue weighted by molar-refractivity contribution is -0.138. The Labute approximate surface area is 376 Å². The molecule has 3 aromatic carbocycles. The average molecular weight is 887 g/mol. The van der Waals surface area contributed by atoms with Gasteiger partial charge < -0.3 is 9.80 Å². The van der Waals surface area contributed by atoms with Gasteiger partial charge in [-0.3, -0.25) is 68.8 Å². The number of hydrogen-bond acceptors (Lipinski definition) is 10. The van der Waals surface area contributed by atoms with Crippen LogP contribution in [0.3, 0.4) is 0 Å². The highest BCUT2D eigenvalue weighted by Gasteiger charge is 2.46. The van der Waals surface area contributed by atoms with E-state index < -0.39 is 35.8 Å². The van der Waals surface area contributed by atoms with Crippen molar-refractivity contribution in [3.05, 3.63) is 105 Å². The zero-order chi connectivity index (χ0) is 47.0. The maximum Gasteiger partial charge on any atom is 0.262 e. The Bertz CT molecular complexity index is 2550. The number of carbonyl (C=O) groups excluding carboxylic acids is 10. The van der Waals surface area contributed by atoms with Gasteiger partial charge in [-0.25, -0.2) is 0 Å². The van der Waals surface area contributed by atoms with Crippen LogP contribution in [0.15, 0.2) is 54.6 Å². The molecule has 3 saturated heterocycles. The highest BCUT2D eigenvalue weighted by molar-refractivity contribution is 6.24. The second-order valence-electron chi connectivity index (χ2n) is 17.9. The largest absolute Gasteiger partial charge is 0.322 e. The number of nitrogens with zero attached hydrogens (tertiary/aromatic N) is 3. The highest BCUT2D eigenvalue weighted by atomic mass is 16.2. The van der Waals surface area contributed by atoms with Gasteiger partial charge in [0.05, 0.1) is 11.1 Å². The van der Waals surface area contributed by atoms with Gasteiger partial charge in [-0.15, -0.1) is 0 Å². The average Bonchev–Trinajstić information content (AvgIpc) is 3.87. The SMILES string of the molecule is CC(C)c1cccc2c1C(=O)N(C1CCC(=O)NC1=O)C2=O.CC(C)c1cccc2c1CN(C1CCC(=O)NC1=O)C2=O.CCC(C)c1ccc2c(c1)CN(C1CCC(=O)NC1=O)C2=O. The number of amides is 10. The minimum Gasteiger partial charge on any atom is -0.322 e. The quantitative estimate of drug-likeness (QED) is 0.277. The van der Waals surface area contributed by atoms with Crippen molar-refractivity contribution in [2.24, 2.45) is 0 Å². The van der Waals surface area contributed by atoms with Crippen molar-refractivity contribution in [1.29, 1.82) is 0 Å². The molecular weight excluding hydrogens is 833 g/mol. The molecule has 16 nitrogen and oxygen atoms in total. The first-order chi connectivity index (χ1) is 30.9. The molecule has 3 N–H and O–H groups in total. The fourth-order valence-electron chi connectivity index (χ4n) is 9.31. The summed E-state index contributed by atoms with van der Waals surface area (Å²) in [6, 6.07) is 14.9. The molecular formula is C49H54N6O10. The summed E-state index contributed by atoms with van der Waals surface area (Å²) in [5, 5.41) is 6.83. The van der Waals surface area contributed by atoms with Crippen LogP contribution in [0.4, 0.5) is 0 Å². The molecule has 0 bridgehead atoms. The summed E-state index contributed by atoms with van der Waals surface area (Å²) in [4.78, 5) is 124. The van der Waals surface area contributed by atoms with Crippen LogP contribution in [0.2, 0.25) is 0 Å². The molecule has 65 heavy (non-hydrogen) atoms. The summed E-state index contributed by atoms with van der Waals surface area (Å²) in [5.41, 5.74) is 7.24. The number of imide groups is 4. The molecule has 10 amide bonds. The molecule has 4 unspecified atom stereocenters. The van der Waals surface area contributed by atoms with Crippen molar-refractivity contribution in [3.63, 3.8) is 0 Å². The van der Waals surface area contributed by atoms with E-state index in [0.29, 0.717) is 60.0 Å². The smallest absolute Gasteiger partial charge is 0.262 e. The number of carbonyl (C=O) groups is 10. The summed E-state index contributed by atoms with van der Waals surface area (Å²) in [7, 11) is 0. The van der Waals surface area contributed by atoms with Crippen LogP contribution >= 0.6 is 0 Å². The molecule has 6 aliphatic rings. The van der Waals surface area contributed by atoms with Gasteiger partial charge in [-0.1, -0.05) is 77.9 Å². The normalized spacial score (nSPS) is 21.9. The first-order valence-electron chi connectivity index (χ1n) is 22.3. The van der Waals surface area contributed by atoms with E-state index in [9.17, 15) is 47.9 Å². The van der Waals surface area contributed by atoms with Gasteiger partial charge in [0.25, 0.3) is 23.6 Å². The molecule has 6 heterocycles. The Kier molecular flexibility index (Phi) is 13.3. The second kappa shape index (κ2) is 18.7. The topological polar surface area (TPSA) is 217 Å². The summed E-state index contributed by atoms with van der Waals surface area (Å²) >= 11 is 0. The van der Waals surface area contributed by atoms with Crippen molar-refractivity contribution in [2.75, 3.05) is 0 Å². The molecule has 340 valence electrons. The predicted octanol–water partition coefficient (Wildman–Crippen LogP) is 4.74. The van der Waals surface area contributed by atoms with E-state index >= 15 is 0 Å². The van der Waals surface area contributed by atoms with Crippen LogP contribution in [-0.2, 0) is 41.9 Å². The first kappa shape index (κ1) is 46.2. The first-order valence-corrected chi connectivity index (χ1v) is 22.3. The summed E-state index contributed by atoms with van der Waals surface area (Å²) in [5.74, 6) is -2.46. The summed E-state index contributed by atoms with van der Waals surface area (Å²) in [6.07, 6.45) is 2.73. The molecule has 0 radical (unpaired) electrons. The van der Waals surface area contributed by atoms with Crippen molar-refractivity contribution < 1.29 is 47.9 Å². The zero-order valence-corrected chi connectivity index (χ0v) is 37.4. The Balaban J connectivity index is 0.000000145.